The Morgan fingerprint density at radius 2 is 2.50 bits per heavy atom. The molecule has 0 radical (unpaired) electrons. The first-order chi connectivity index (χ1) is 5.90. The highest BCUT2D eigenvalue weighted by Gasteiger charge is 2.05. The van der Waals surface area contributed by atoms with E-state index in [1.54, 1.807) is 11.4 Å². The van der Waals surface area contributed by atoms with Gasteiger partial charge in [-0.05, 0) is 0 Å². The number of thiazole rings is 1. The Kier molecular flexibility index (Phi) is 1.89. The van der Waals surface area contributed by atoms with E-state index in [4.69, 9.17) is 5.11 Å². The van der Waals surface area contributed by atoms with Gasteiger partial charge in [-0.1, -0.05) is 5.16 Å². The van der Waals surface area contributed by atoms with Crippen LogP contribution in [0, 0.1) is 0 Å². The lowest BCUT2D eigenvalue weighted by molar-refractivity contribution is 0.278. The Morgan fingerprint density at radius 1 is 1.58 bits per heavy atom. The van der Waals surface area contributed by atoms with Crippen LogP contribution in [0.3, 0.4) is 0 Å². The average molecular weight is 182 g/mol. The number of aromatic nitrogens is 2. The van der Waals surface area contributed by atoms with Gasteiger partial charge in [0.1, 0.15) is 17.0 Å². The van der Waals surface area contributed by atoms with Crippen molar-refractivity contribution in [1.29, 1.82) is 0 Å². The number of hydrogen-bond donors (Lipinski definition) is 1. The van der Waals surface area contributed by atoms with Gasteiger partial charge in [0, 0.05) is 11.4 Å². The fourth-order valence-electron chi connectivity index (χ4n) is 0.820. The first-order valence-corrected chi connectivity index (χ1v) is 4.24. The van der Waals surface area contributed by atoms with Gasteiger partial charge < -0.3 is 9.63 Å². The van der Waals surface area contributed by atoms with E-state index < -0.39 is 0 Å². The van der Waals surface area contributed by atoms with Crippen LogP contribution in [0.25, 0.3) is 10.7 Å². The summed E-state index contributed by atoms with van der Waals surface area (Å²) in [6, 6.07) is 1.74. The molecule has 5 heteroatoms. The minimum Gasteiger partial charge on any atom is -0.390 e. The summed E-state index contributed by atoms with van der Waals surface area (Å²) in [5, 5.41) is 15.0. The third-order valence-electron chi connectivity index (χ3n) is 1.37. The van der Waals surface area contributed by atoms with Crippen LogP contribution in [-0.4, -0.2) is 15.2 Å². The van der Waals surface area contributed by atoms with Crippen molar-refractivity contribution in [2.45, 2.75) is 6.61 Å². The molecule has 0 aliphatic rings. The monoisotopic (exact) mass is 182 g/mol. The maximum absolute atomic E-state index is 8.75. The molecule has 0 aliphatic carbocycles. The van der Waals surface area contributed by atoms with Crippen molar-refractivity contribution in [3.8, 4) is 10.7 Å². The SMILES string of the molecule is OCc1csc(-c2ccon2)n1. The van der Waals surface area contributed by atoms with Crippen LogP contribution < -0.4 is 0 Å². The van der Waals surface area contributed by atoms with Crippen molar-refractivity contribution in [1.82, 2.24) is 10.1 Å². The standard InChI is InChI=1S/C7H6N2O2S/c10-3-5-4-12-7(8-5)6-1-2-11-9-6/h1-2,4,10H,3H2. The summed E-state index contributed by atoms with van der Waals surface area (Å²) in [5.41, 5.74) is 1.37. The summed E-state index contributed by atoms with van der Waals surface area (Å²) < 4.78 is 4.67. The third kappa shape index (κ3) is 1.24. The number of hydrogen-bond acceptors (Lipinski definition) is 5. The highest BCUT2D eigenvalue weighted by atomic mass is 32.1. The number of aliphatic hydroxyl groups is 1. The second-order valence-corrected chi connectivity index (χ2v) is 3.04. The van der Waals surface area contributed by atoms with E-state index in [-0.39, 0.29) is 6.61 Å². The Labute approximate surface area is 72.5 Å². The van der Waals surface area contributed by atoms with Crippen LogP contribution in [-0.2, 0) is 6.61 Å². The highest BCUT2D eigenvalue weighted by molar-refractivity contribution is 7.13. The van der Waals surface area contributed by atoms with Crippen LogP contribution in [0.15, 0.2) is 22.2 Å². The minimum absolute atomic E-state index is 0.0334. The van der Waals surface area contributed by atoms with E-state index in [0.717, 1.165) is 5.01 Å². The molecule has 12 heavy (non-hydrogen) atoms. The predicted octanol–water partition coefficient (Wildman–Crippen LogP) is 1.29. The van der Waals surface area contributed by atoms with Gasteiger partial charge in [-0.15, -0.1) is 11.3 Å². The number of aliphatic hydroxyl groups excluding tert-OH is 1. The van der Waals surface area contributed by atoms with Crippen molar-refractivity contribution >= 4 is 11.3 Å². The van der Waals surface area contributed by atoms with Crippen LogP contribution in [0.2, 0.25) is 0 Å². The van der Waals surface area contributed by atoms with Gasteiger partial charge in [-0.3, -0.25) is 0 Å². The van der Waals surface area contributed by atoms with Crippen LogP contribution in [0.1, 0.15) is 5.69 Å². The van der Waals surface area contributed by atoms with E-state index in [2.05, 4.69) is 14.7 Å². The number of rotatable bonds is 2. The summed E-state index contributed by atoms with van der Waals surface area (Å²) in [6.45, 7) is -0.0334. The first kappa shape index (κ1) is 7.45. The molecule has 0 aromatic carbocycles. The zero-order valence-electron chi connectivity index (χ0n) is 6.10. The second kappa shape index (κ2) is 3.04. The molecule has 0 bridgehead atoms. The fourth-order valence-corrected chi connectivity index (χ4v) is 1.59. The predicted molar refractivity (Wildman–Crippen MR) is 43.5 cm³/mol. The molecule has 0 spiro atoms. The van der Waals surface area contributed by atoms with E-state index in [0.29, 0.717) is 11.4 Å². The fraction of sp³-hybridized carbons (Fsp3) is 0.143. The highest BCUT2D eigenvalue weighted by Crippen LogP contribution is 2.21. The van der Waals surface area contributed by atoms with Gasteiger partial charge in [0.15, 0.2) is 0 Å². The topological polar surface area (TPSA) is 59.2 Å². The largest absolute Gasteiger partial charge is 0.390 e. The maximum atomic E-state index is 8.75. The van der Waals surface area contributed by atoms with Crippen molar-refractivity contribution in [2.75, 3.05) is 0 Å². The molecule has 4 nitrogen and oxygen atoms in total. The zero-order chi connectivity index (χ0) is 8.39. The zero-order valence-corrected chi connectivity index (χ0v) is 6.91. The molecule has 1 N–H and O–H groups in total. The molecule has 0 unspecified atom stereocenters. The molecule has 2 heterocycles. The molecule has 2 aromatic heterocycles. The Bertz CT molecular complexity index is 355. The molecule has 2 rings (SSSR count). The Balaban J connectivity index is 2.35. The van der Waals surface area contributed by atoms with Gasteiger partial charge in [-0.25, -0.2) is 4.98 Å². The van der Waals surface area contributed by atoms with E-state index in [1.165, 1.54) is 17.6 Å². The van der Waals surface area contributed by atoms with E-state index >= 15 is 0 Å². The summed E-state index contributed by atoms with van der Waals surface area (Å²) in [7, 11) is 0. The molecule has 0 fully saturated rings. The third-order valence-corrected chi connectivity index (χ3v) is 2.28. The molecular formula is C7H6N2O2S. The molecule has 0 atom stereocenters. The lowest BCUT2D eigenvalue weighted by atomic mass is 10.4. The number of nitrogens with zero attached hydrogens (tertiary/aromatic N) is 2. The van der Waals surface area contributed by atoms with Crippen LogP contribution >= 0.6 is 11.3 Å². The normalized spacial score (nSPS) is 10.4. The molecule has 62 valence electrons. The van der Waals surface area contributed by atoms with Crippen LogP contribution in [0.4, 0.5) is 0 Å². The summed E-state index contributed by atoms with van der Waals surface area (Å²) in [5.74, 6) is 0. The molecule has 2 aromatic rings. The quantitative estimate of drug-likeness (QED) is 0.760. The van der Waals surface area contributed by atoms with E-state index in [1.807, 2.05) is 0 Å². The summed E-state index contributed by atoms with van der Waals surface area (Å²) in [6.07, 6.45) is 1.50. The van der Waals surface area contributed by atoms with Crippen molar-refractivity contribution in [3.05, 3.63) is 23.4 Å². The van der Waals surface area contributed by atoms with Crippen molar-refractivity contribution in [2.24, 2.45) is 0 Å². The Hall–Kier alpha value is -1.20. The lowest BCUT2D eigenvalue weighted by Crippen LogP contribution is -1.82. The molecule has 0 saturated heterocycles. The van der Waals surface area contributed by atoms with Gasteiger partial charge in [-0.2, -0.15) is 0 Å². The Morgan fingerprint density at radius 3 is 3.08 bits per heavy atom. The molecule has 0 aliphatic heterocycles. The molecular weight excluding hydrogens is 176 g/mol. The molecule has 0 amide bonds. The summed E-state index contributed by atoms with van der Waals surface area (Å²) in [4.78, 5) is 4.12. The molecule has 0 saturated carbocycles. The minimum atomic E-state index is -0.0334. The van der Waals surface area contributed by atoms with Gasteiger partial charge in [0.05, 0.1) is 12.3 Å². The van der Waals surface area contributed by atoms with Crippen LogP contribution in [0.5, 0.6) is 0 Å². The second-order valence-electron chi connectivity index (χ2n) is 2.19. The van der Waals surface area contributed by atoms with Gasteiger partial charge in [0.25, 0.3) is 0 Å². The van der Waals surface area contributed by atoms with Gasteiger partial charge in [0.2, 0.25) is 0 Å². The van der Waals surface area contributed by atoms with Gasteiger partial charge >= 0.3 is 0 Å². The lowest BCUT2D eigenvalue weighted by Gasteiger charge is -1.84. The summed E-state index contributed by atoms with van der Waals surface area (Å²) >= 11 is 1.44. The smallest absolute Gasteiger partial charge is 0.145 e. The van der Waals surface area contributed by atoms with Crippen molar-refractivity contribution < 1.29 is 9.63 Å². The van der Waals surface area contributed by atoms with E-state index in [9.17, 15) is 0 Å². The van der Waals surface area contributed by atoms with Crippen molar-refractivity contribution in [3.63, 3.8) is 0 Å². The maximum Gasteiger partial charge on any atom is 0.145 e. The first-order valence-electron chi connectivity index (χ1n) is 3.36. The average Bonchev–Trinajstić information content (AvgIpc) is 2.75.